The molecule has 2 aliphatic heterocycles. The van der Waals surface area contributed by atoms with E-state index in [2.05, 4.69) is 11.4 Å². The molecule has 2 heterocycles. The number of hydrogen-bond acceptors (Lipinski definition) is 2. The summed E-state index contributed by atoms with van der Waals surface area (Å²) in [7, 11) is 0. The van der Waals surface area contributed by atoms with Gasteiger partial charge in [-0.15, -0.1) is 0 Å². The van der Waals surface area contributed by atoms with E-state index in [1.165, 1.54) is 25.7 Å². The lowest BCUT2D eigenvalue weighted by atomic mass is 9.86. The number of phenols is 1. The molecule has 0 aromatic heterocycles. The molecule has 2 bridgehead atoms. The van der Waals surface area contributed by atoms with Crippen molar-refractivity contribution in [1.82, 2.24) is 5.32 Å². The number of phenolic OH excluding ortho intramolecular Hbond substituents is 1. The van der Waals surface area contributed by atoms with Crippen LogP contribution in [-0.4, -0.2) is 17.2 Å². The van der Waals surface area contributed by atoms with E-state index >= 15 is 0 Å². The molecule has 0 amide bonds. The molecule has 1 aromatic carbocycles. The smallest absolute Gasteiger partial charge is 0.118 e. The van der Waals surface area contributed by atoms with Crippen molar-refractivity contribution >= 4 is 0 Å². The van der Waals surface area contributed by atoms with Gasteiger partial charge in [0.15, 0.2) is 0 Å². The fourth-order valence-corrected chi connectivity index (χ4v) is 3.28. The first-order chi connectivity index (χ1) is 7.83. The predicted octanol–water partition coefficient (Wildman–Crippen LogP) is 2.47. The third-order valence-corrected chi connectivity index (χ3v) is 4.20. The second kappa shape index (κ2) is 4.10. The van der Waals surface area contributed by atoms with Crippen LogP contribution in [-0.2, 0) is 6.42 Å². The maximum absolute atomic E-state index is 9.79. The highest BCUT2D eigenvalue weighted by molar-refractivity contribution is 5.32. The molecule has 0 radical (unpaired) electrons. The van der Waals surface area contributed by atoms with Crippen molar-refractivity contribution < 1.29 is 5.11 Å². The average Bonchev–Trinajstić information content (AvgIpc) is 2.68. The molecule has 2 nitrogen and oxygen atoms in total. The van der Waals surface area contributed by atoms with Crippen LogP contribution < -0.4 is 5.32 Å². The number of para-hydroxylation sites is 1. The Balaban J connectivity index is 1.73. The van der Waals surface area contributed by atoms with Crippen LogP contribution in [0.5, 0.6) is 5.75 Å². The molecule has 0 saturated carbocycles. The van der Waals surface area contributed by atoms with Crippen LogP contribution in [0, 0.1) is 5.92 Å². The summed E-state index contributed by atoms with van der Waals surface area (Å²) in [6.45, 7) is 0. The van der Waals surface area contributed by atoms with E-state index in [1.54, 1.807) is 6.07 Å². The molecule has 1 aromatic rings. The van der Waals surface area contributed by atoms with Gasteiger partial charge in [0.25, 0.3) is 0 Å². The summed E-state index contributed by atoms with van der Waals surface area (Å²) in [5.41, 5.74) is 1.11. The second-order valence-corrected chi connectivity index (χ2v) is 5.22. The van der Waals surface area contributed by atoms with Crippen LogP contribution in [0.3, 0.4) is 0 Å². The van der Waals surface area contributed by atoms with Crippen LogP contribution in [0.25, 0.3) is 0 Å². The molecule has 2 fully saturated rings. The minimum atomic E-state index is 0.461. The highest BCUT2D eigenvalue weighted by Crippen LogP contribution is 2.34. The number of hydrogen-bond donors (Lipinski definition) is 2. The predicted molar refractivity (Wildman–Crippen MR) is 64.5 cm³/mol. The molecule has 0 aliphatic carbocycles. The largest absolute Gasteiger partial charge is 0.508 e. The zero-order valence-corrected chi connectivity index (χ0v) is 9.52. The lowest BCUT2D eigenvalue weighted by Crippen LogP contribution is -2.41. The molecule has 16 heavy (non-hydrogen) atoms. The van der Waals surface area contributed by atoms with E-state index in [-0.39, 0.29) is 0 Å². The van der Waals surface area contributed by atoms with Gasteiger partial charge in [0, 0.05) is 12.1 Å². The number of fused-ring (bicyclic) bond motifs is 2. The van der Waals surface area contributed by atoms with E-state index in [1.807, 2.05) is 12.1 Å². The molecule has 2 saturated heterocycles. The summed E-state index contributed by atoms with van der Waals surface area (Å²) in [6.07, 6.45) is 6.33. The van der Waals surface area contributed by atoms with Gasteiger partial charge in [0.2, 0.25) is 0 Å². The zero-order chi connectivity index (χ0) is 11.0. The lowest BCUT2D eigenvalue weighted by molar-refractivity contribution is 0.286. The Morgan fingerprint density at radius 2 is 1.94 bits per heavy atom. The monoisotopic (exact) mass is 217 g/mol. The second-order valence-electron chi connectivity index (χ2n) is 5.22. The molecule has 86 valence electrons. The summed E-state index contributed by atoms with van der Waals surface area (Å²) < 4.78 is 0. The summed E-state index contributed by atoms with van der Waals surface area (Å²) in [4.78, 5) is 0. The van der Waals surface area contributed by atoms with Crippen molar-refractivity contribution in [2.24, 2.45) is 5.92 Å². The Morgan fingerprint density at radius 1 is 1.12 bits per heavy atom. The molecular weight excluding hydrogens is 198 g/mol. The molecule has 3 atom stereocenters. The Kier molecular flexibility index (Phi) is 2.60. The van der Waals surface area contributed by atoms with Crippen molar-refractivity contribution in [2.45, 2.75) is 44.2 Å². The topological polar surface area (TPSA) is 32.3 Å². The van der Waals surface area contributed by atoms with Gasteiger partial charge in [-0.2, -0.15) is 0 Å². The van der Waals surface area contributed by atoms with Gasteiger partial charge in [0.05, 0.1) is 0 Å². The van der Waals surface area contributed by atoms with Gasteiger partial charge < -0.3 is 10.4 Å². The van der Waals surface area contributed by atoms with Gasteiger partial charge in [-0.1, -0.05) is 18.2 Å². The quantitative estimate of drug-likeness (QED) is 0.797. The van der Waals surface area contributed by atoms with E-state index in [9.17, 15) is 5.11 Å². The maximum Gasteiger partial charge on any atom is 0.118 e. The molecular formula is C14H19NO. The minimum absolute atomic E-state index is 0.461. The fraction of sp³-hybridized carbons (Fsp3) is 0.571. The molecule has 0 spiro atoms. The van der Waals surface area contributed by atoms with Crippen LogP contribution in [0.15, 0.2) is 24.3 Å². The first-order valence-corrected chi connectivity index (χ1v) is 6.36. The van der Waals surface area contributed by atoms with Crippen LogP contribution in [0.4, 0.5) is 0 Å². The number of benzene rings is 1. The summed E-state index contributed by atoms with van der Waals surface area (Å²) >= 11 is 0. The van der Waals surface area contributed by atoms with E-state index in [0.717, 1.165) is 18.0 Å². The summed E-state index contributed by atoms with van der Waals surface area (Å²) in [5.74, 6) is 1.18. The van der Waals surface area contributed by atoms with Crippen molar-refractivity contribution in [3.05, 3.63) is 29.8 Å². The van der Waals surface area contributed by atoms with Crippen molar-refractivity contribution in [3.8, 4) is 5.75 Å². The van der Waals surface area contributed by atoms with Crippen LogP contribution in [0.1, 0.15) is 31.2 Å². The third kappa shape index (κ3) is 1.82. The Bertz CT molecular complexity index is 377. The standard InChI is InChI=1S/C14H19NO/c16-14-4-2-1-3-11(14)9-10-5-6-12-7-8-13(10)15-12/h1-4,10,12-13,15-16H,5-9H2. The fourth-order valence-electron chi connectivity index (χ4n) is 3.28. The maximum atomic E-state index is 9.79. The SMILES string of the molecule is Oc1ccccc1CC1CCC2CCC1N2. The van der Waals surface area contributed by atoms with Gasteiger partial charge in [-0.3, -0.25) is 0 Å². The number of rotatable bonds is 2. The third-order valence-electron chi connectivity index (χ3n) is 4.20. The van der Waals surface area contributed by atoms with Crippen molar-refractivity contribution in [2.75, 3.05) is 0 Å². The van der Waals surface area contributed by atoms with Crippen molar-refractivity contribution in [3.63, 3.8) is 0 Å². The van der Waals surface area contributed by atoms with Crippen LogP contribution >= 0.6 is 0 Å². The number of nitrogens with one attached hydrogen (secondary N) is 1. The van der Waals surface area contributed by atoms with E-state index < -0.39 is 0 Å². The van der Waals surface area contributed by atoms with E-state index in [0.29, 0.717) is 17.7 Å². The molecule has 2 aliphatic rings. The number of piperidine rings is 1. The van der Waals surface area contributed by atoms with Gasteiger partial charge in [0.1, 0.15) is 5.75 Å². The normalized spacial score (nSPS) is 32.9. The molecule has 3 rings (SSSR count). The highest BCUT2D eigenvalue weighted by Gasteiger charge is 2.35. The average molecular weight is 217 g/mol. The summed E-state index contributed by atoms with van der Waals surface area (Å²) in [6, 6.07) is 9.23. The zero-order valence-electron chi connectivity index (χ0n) is 9.52. The Hall–Kier alpha value is -1.02. The molecule has 2 heteroatoms. The lowest BCUT2D eigenvalue weighted by Gasteiger charge is -2.30. The Labute approximate surface area is 96.7 Å². The van der Waals surface area contributed by atoms with Crippen LogP contribution in [0.2, 0.25) is 0 Å². The van der Waals surface area contributed by atoms with Gasteiger partial charge in [-0.25, -0.2) is 0 Å². The summed E-state index contributed by atoms with van der Waals surface area (Å²) in [5, 5.41) is 13.5. The van der Waals surface area contributed by atoms with Gasteiger partial charge in [-0.05, 0) is 49.7 Å². The number of aromatic hydroxyl groups is 1. The minimum Gasteiger partial charge on any atom is -0.508 e. The first kappa shape index (κ1) is 10.2. The first-order valence-electron chi connectivity index (χ1n) is 6.36. The van der Waals surface area contributed by atoms with Crippen molar-refractivity contribution in [1.29, 1.82) is 0 Å². The highest BCUT2D eigenvalue weighted by atomic mass is 16.3. The molecule has 3 unspecified atom stereocenters. The van der Waals surface area contributed by atoms with E-state index in [4.69, 9.17) is 0 Å². The van der Waals surface area contributed by atoms with Gasteiger partial charge >= 0.3 is 0 Å². The Morgan fingerprint density at radius 3 is 2.81 bits per heavy atom. The molecule has 2 N–H and O–H groups in total.